The van der Waals surface area contributed by atoms with Gasteiger partial charge in [0.25, 0.3) is 0 Å². The first-order chi connectivity index (χ1) is 18.7. The Balaban J connectivity index is 1.84. The molecule has 1 nitrogen and oxygen atoms in total. The summed E-state index contributed by atoms with van der Waals surface area (Å²) in [6.07, 6.45) is 3.66. The Bertz CT molecular complexity index is 1670. The molecule has 39 heavy (non-hydrogen) atoms. The van der Waals surface area contributed by atoms with Gasteiger partial charge in [-0.25, -0.2) is 0 Å². The molecule has 0 saturated heterocycles. The normalized spacial score (nSPS) is 16.6. The van der Waals surface area contributed by atoms with Crippen LogP contribution in [-0.2, 0) is 18.3 Å². The molecule has 0 aromatic heterocycles. The Labute approximate surface area is 235 Å². The number of rotatable bonds is 5. The van der Waals surface area contributed by atoms with Crippen molar-refractivity contribution in [3.63, 3.8) is 0 Å². The SMILES string of the molecule is CC1=C(C)C[C]([Zr]([CH3])([CH3])(=[C](c2ccccc2)c2ccccc2)[CH]2c3ccccc3-c3ccc(N(C)C)cc32)=C1. The van der Waals surface area contributed by atoms with Crippen molar-refractivity contribution < 1.29 is 18.3 Å². The number of hydrogen-bond acceptors (Lipinski definition) is 1. The third-order valence-corrected chi connectivity index (χ3v) is 26.3. The van der Waals surface area contributed by atoms with E-state index in [-0.39, 0.29) is 0 Å². The summed E-state index contributed by atoms with van der Waals surface area (Å²) in [5.41, 5.74) is 12.8. The number of allylic oxidation sites excluding steroid dienone is 4. The van der Waals surface area contributed by atoms with Crippen LogP contribution in [0.25, 0.3) is 11.1 Å². The molecule has 4 aromatic rings. The summed E-state index contributed by atoms with van der Waals surface area (Å²) < 4.78 is 9.12. The molecule has 0 fully saturated rings. The number of anilines is 1. The zero-order valence-electron chi connectivity index (χ0n) is 24.1. The molecule has 0 N–H and O–H groups in total. The number of benzene rings is 4. The van der Waals surface area contributed by atoms with Crippen LogP contribution in [0.15, 0.2) is 124 Å². The van der Waals surface area contributed by atoms with Crippen molar-refractivity contribution in [2.24, 2.45) is 0 Å². The average molecular weight is 589 g/mol. The number of nitrogens with zero attached hydrogens (tertiary/aromatic N) is 1. The van der Waals surface area contributed by atoms with E-state index in [1.165, 1.54) is 50.2 Å². The fourth-order valence-electron chi connectivity index (χ4n) is 7.52. The Morgan fingerprint density at radius 2 is 1.26 bits per heavy atom. The Hall–Kier alpha value is -3.09. The van der Waals surface area contributed by atoms with Gasteiger partial charge in [-0.3, -0.25) is 0 Å². The van der Waals surface area contributed by atoms with Gasteiger partial charge in [0, 0.05) is 0 Å². The van der Waals surface area contributed by atoms with Gasteiger partial charge in [0.15, 0.2) is 0 Å². The summed E-state index contributed by atoms with van der Waals surface area (Å²) >= 11 is -4.26. The summed E-state index contributed by atoms with van der Waals surface area (Å²) in [6.45, 7) is 4.64. The minimum atomic E-state index is -4.26. The summed E-state index contributed by atoms with van der Waals surface area (Å²) in [5.74, 6) is 0. The van der Waals surface area contributed by atoms with Crippen molar-refractivity contribution in [3.05, 3.63) is 146 Å². The molecule has 2 aliphatic rings. The third-order valence-electron chi connectivity index (χ3n) is 9.69. The Kier molecular flexibility index (Phi) is 6.39. The molecule has 0 heterocycles. The van der Waals surface area contributed by atoms with Gasteiger partial charge in [0.05, 0.1) is 0 Å². The maximum atomic E-state index is 2.74. The first-order valence-electron chi connectivity index (χ1n) is 14.2. The van der Waals surface area contributed by atoms with Crippen LogP contribution in [0.5, 0.6) is 0 Å². The second-order valence-corrected chi connectivity index (χ2v) is 29.1. The zero-order valence-corrected chi connectivity index (χ0v) is 26.6. The van der Waals surface area contributed by atoms with Gasteiger partial charge in [-0.1, -0.05) is 0 Å². The molecule has 0 bridgehead atoms. The van der Waals surface area contributed by atoms with Crippen LogP contribution >= 0.6 is 0 Å². The van der Waals surface area contributed by atoms with E-state index in [9.17, 15) is 0 Å². The zero-order chi connectivity index (χ0) is 27.4. The van der Waals surface area contributed by atoms with Crippen LogP contribution in [0.4, 0.5) is 5.69 Å². The fraction of sp³-hybridized carbons (Fsp3) is 0.216. The molecule has 4 aromatic carbocycles. The van der Waals surface area contributed by atoms with Crippen molar-refractivity contribution >= 4 is 8.89 Å². The fourth-order valence-corrected chi connectivity index (χ4v) is 24.5. The van der Waals surface area contributed by atoms with E-state index in [4.69, 9.17) is 0 Å². The molecule has 0 radical (unpaired) electrons. The van der Waals surface area contributed by atoms with Gasteiger partial charge in [-0.05, 0) is 0 Å². The predicted octanol–water partition coefficient (Wildman–Crippen LogP) is 9.50. The van der Waals surface area contributed by atoms with Crippen LogP contribution in [0.2, 0.25) is 9.26 Å². The second-order valence-electron chi connectivity index (χ2n) is 12.6. The molecule has 0 aliphatic heterocycles. The maximum absolute atomic E-state index is 4.26. The van der Waals surface area contributed by atoms with Crippen LogP contribution in [0.1, 0.15) is 46.1 Å². The molecule has 1 atom stereocenters. The van der Waals surface area contributed by atoms with Crippen LogP contribution in [0, 0.1) is 0 Å². The summed E-state index contributed by atoms with van der Waals surface area (Å²) in [6, 6.07) is 39.0. The Morgan fingerprint density at radius 3 is 1.82 bits per heavy atom. The van der Waals surface area contributed by atoms with Crippen molar-refractivity contribution in [1.29, 1.82) is 0 Å². The summed E-state index contributed by atoms with van der Waals surface area (Å²) in [5, 5.41) is 0. The standard InChI is InChI=1S/C15H14N.C13H10.C7H9.2CH3.Zr/c1-16(2)13-7-8-15-12(10-13)9-11-5-3-4-6-14(11)15;1-3-7-12(8-4-1)11-13-9-5-2-6-10-13;1-6-4-3-5-7(6)2;;;/h3-10H,1-2H3;1-10H;4H,5H2,1-2H3;2*1H3;. The Morgan fingerprint density at radius 1 is 0.692 bits per heavy atom. The van der Waals surface area contributed by atoms with Crippen LogP contribution < -0.4 is 4.90 Å². The predicted molar refractivity (Wildman–Crippen MR) is 167 cm³/mol. The van der Waals surface area contributed by atoms with E-state index in [2.05, 4.69) is 151 Å². The topological polar surface area (TPSA) is 3.24 Å². The molecular weight excluding hydrogens is 550 g/mol. The summed E-state index contributed by atoms with van der Waals surface area (Å²) in [7, 11) is 4.31. The van der Waals surface area contributed by atoms with Crippen molar-refractivity contribution in [2.45, 2.75) is 33.2 Å². The molecular formula is C37H39NZr. The average Bonchev–Trinajstić information content (AvgIpc) is 3.47. The number of hydrogen-bond donors (Lipinski definition) is 0. The van der Waals surface area contributed by atoms with E-state index in [0.717, 1.165) is 6.42 Å². The number of fused-ring (bicyclic) bond motifs is 3. The van der Waals surface area contributed by atoms with Crippen molar-refractivity contribution in [1.82, 2.24) is 0 Å². The monoisotopic (exact) mass is 587 g/mol. The van der Waals surface area contributed by atoms with Crippen LogP contribution in [-0.4, -0.2) is 17.3 Å². The van der Waals surface area contributed by atoms with Gasteiger partial charge >= 0.3 is 236 Å². The van der Waals surface area contributed by atoms with E-state index in [1.807, 2.05) is 0 Å². The molecule has 0 saturated carbocycles. The second kappa shape index (κ2) is 9.53. The van der Waals surface area contributed by atoms with Crippen molar-refractivity contribution in [2.75, 3.05) is 19.0 Å². The van der Waals surface area contributed by atoms with Gasteiger partial charge in [-0.15, -0.1) is 0 Å². The minimum absolute atomic E-state index is 0.345. The van der Waals surface area contributed by atoms with Crippen LogP contribution in [0.3, 0.4) is 0 Å². The molecule has 0 amide bonds. The molecule has 1 unspecified atom stereocenters. The third kappa shape index (κ3) is 4.03. The van der Waals surface area contributed by atoms with E-state index >= 15 is 0 Å². The molecule has 6 rings (SSSR count). The van der Waals surface area contributed by atoms with Gasteiger partial charge < -0.3 is 0 Å². The van der Waals surface area contributed by atoms with E-state index in [1.54, 1.807) is 6.49 Å². The molecule has 0 spiro atoms. The van der Waals surface area contributed by atoms with Gasteiger partial charge in [0.2, 0.25) is 0 Å². The quantitative estimate of drug-likeness (QED) is 0.224. The molecule has 2 heteroatoms. The molecule has 2 aliphatic carbocycles. The van der Waals surface area contributed by atoms with Gasteiger partial charge in [0.1, 0.15) is 0 Å². The molecule has 196 valence electrons. The first kappa shape index (κ1) is 26.2. The first-order valence-corrected chi connectivity index (χ1v) is 22.9. The van der Waals surface area contributed by atoms with E-state index in [0.29, 0.717) is 3.63 Å². The van der Waals surface area contributed by atoms with E-state index < -0.39 is 18.3 Å². The summed E-state index contributed by atoms with van der Waals surface area (Å²) in [4.78, 5) is 2.25. The van der Waals surface area contributed by atoms with Crippen molar-refractivity contribution in [3.8, 4) is 11.1 Å². The van der Waals surface area contributed by atoms with Gasteiger partial charge in [-0.2, -0.15) is 0 Å².